The van der Waals surface area contributed by atoms with Crippen LogP contribution < -0.4 is 0 Å². The van der Waals surface area contributed by atoms with Gasteiger partial charge in [-0.3, -0.25) is 10.1 Å². The predicted octanol–water partition coefficient (Wildman–Crippen LogP) is 4.44. The molecule has 2 aromatic rings. The van der Waals surface area contributed by atoms with Crippen molar-refractivity contribution in [3.63, 3.8) is 0 Å². The van der Waals surface area contributed by atoms with Crippen molar-refractivity contribution in [1.29, 1.82) is 0 Å². The standard InChI is InChI=1S/C15H12BrNO4S/c1-22-14-6-5-11(8-13(14)17(19)20)15(18)21-9-10-3-2-4-12(16)7-10/h2-8H,9H2,1H3. The van der Waals surface area contributed by atoms with Crippen LogP contribution in [0.5, 0.6) is 0 Å². The second-order valence-electron chi connectivity index (χ2n) is 4.35. The van der Waals surface area contributed by atoms with Gasteiger partial charge in [-0.25, -0.2) is 4.79 Å². The molecule has 0 bridgehead atoms. The minimum atomic E-state index is -0.587. The number of nitro groups is 1. The van der Waals surface area contributed by atoms with E-state index in [4.69, 9.17) is 4.74 Å². The fraction of sp³-hybridized carbons (Fsp3) is 0.133. The van der Waals surface area contributed by atoms with Crippen molar-refractivity contribution >= 4 is 39.3 Å². The van der Waals surface area contributed by atoms with Gasteiger partial charge in [0.2, 0.25) is 0 Å². The summed E-state index contributed by atoms with van der Waals surface area (Å²) >= 11 is 4.59. The summed E-state index contributed by atoms with van der Waals surface area (Å²) in [7, 11) is 0. The first kappa shape index (κ1) is 16.5. The number of thioether (sulfide) groups is 1. The van der Waals surface area contributed by atoms with Gasteiger partial charge in [0, 0.05) is 10.5 Å². The maximum absolute atomic E-state index is 12.0. The molecule has 0 unspecified atom stereocenters. The first-order valence-corrected chi connectivity index (χ1v) is 8.27. The Balaban J connectivity index is 2.12. The molecule has 0 spiro atoms. The fourth-order valence-electron chi connectivity index (χ4n) is 1.82. The third-order valence-electron chi connectivity index (χ3n) is 2.87. The van der Waals surface area contributed by atoms with Crippen molar-refractivity contribution in [2.45, 2.75) is 11.5 Å². The van der Waals surface area contributed by atoms with E-state index < -0.39 is 10.9 Å². The molecular weight excluding hydrogens is 370 g/mol. The van der Waals surface area contributed by atoms with E-state index in [-0.39, 0.29) is 17.9 Å². The molecule has 7 heteroatoms. The molecule has 2 rings (SSSR count). The van der Waals surface area contributed by atoms with Crippen LogP contribution in [0.1, 0.15) is 15.9 Å². The maximum Gasteiger partial charge on any atom is 0.338 e. The van der Waals surface area contributed by atoms with Gasteiger partial charge in [-0.1, -0.05) is 28.1 Å². The van der Waals surface area contributed by atoms with Crippen LogP contribution >= 0.6 is 27.7 Å². The number of esters is 1. The highest BCUT2D eigenvalue weighted by Crippen LogP contribution is 2.28. The molecule has 0 saturated carbocycles. The zero-order chi connectivity index (χ0) is 16.1. The van der Waals surface area contributed by atoms with Crippen molar-refractivity contribution < 1.29 is 14.5 Å². The lowest BCUT2D eigenvalue weighted by Gasteiger charge is -2.06. The van der Waals surface area contributed by atoms with Gasteiger partial charge in [0.15, 0.2) is 0 Å². The lowest BCUT2D eigenvalue weighted by Crippen LogP contribution is -2.06. The van der Waals surface area contributed by atoms with E-state index >= 15 is 0 Å². The highest BCUT2D eigenvalue weighted by molar-refractivity contribution is 9.10. The van der Waals surface area contributed by atoms with Crippen LogP contribution in [-0.4, -0.2) is 17.1 Å². The number of ether oxygens (including phenoxy) is 1. The smallest absolute Gasteiger partial charge is 0.338 e. The molecule has 22 heavy (non-hydrogen) atoms. The monoisotopic (exact) mass is 381 g/mol. The van der Waals surface area contributed by atoms with E-state index in [0.717, 1.165) is 10.0 Å². The van der Waals surface area contributed by atoms with Crippen molar-refractivity contribution in [3.05, 3.63) is 68.2 Å². The van der Waals surface area contributed by atoms with Gasteiger partial charge >= 0.3 is 5.97 Å². The second-order valence-corrected chi connectivity index (χ2v) is 6.11. The number of nitrogens with zero attached hydrogens (tertiary/aromatic N) is 1. The molecule has 2 aromatic carbocycles. The Labute approximate surface area is 140 Å². The molecule has 0 saturated heterocycles. The summed E-state index contributed by atoms with van der Waals surface area (Å²) in [6, 6.07) is 11.7. The molecule has 0 N–H and O–H groups in total. The second kappa shape index (κ2) is 7.42. The number of nitro benzene ring substituents is 1. The van der Waals surface area contributed by atoms with E-state index in [2.05, 4.69) is 15.9 Å². The van der Waals surface area contributed by atoms with Crippen molar-refractivity contribution in [3.8, 4) is 0 Å². The third kappa shape index (κ3) is 4.08. The minimum absolute atomic E-state index is 0.0931. The summed E-state index contributed by atoms with van der Waals surface area (Å²) in [6.45, 7) is 0.107. The number of rotatable bonds is 5. The fourth-order valence-corrected chi connectivity index (χ4v) is 2.81. The van der Waals surface area contributed by atoms with Crippen LogP contribution in [0.4, 0.5) is 5.69 Å². The van der Waals surface area contributed by atoms with Crippen molar-refractivity contribution in [1.82, 2.24) is 0 Å². The lowest BCUT2D eigenvalue weighted by molar-refractivity contribution is -0.387. The van der Waals surface area contributed by atoms with Gasteiger partial charge in [-0.05, 0) is 36.1 Å². The van der Waals surface area contributed by atoms with Crippen molar-refractivity contribution in [2.24, 2.45) is 0 Å². The lowest BCUT2D eigenvalue weighted by atomic mass is 10.2. The Morgan fingerprint density at radius 1 is 1.32 bits per heavy atom. The normalized spacial score (nSPS) is 10.3. The van der Waals surface area contributed by atoms with Gasteiger partial charge in [0.25, 0.3) is 5.69 Å². The molecule has 0 amide bonds. The first-order chi connectivity index (χ1) is 10.5. The number of hydrogen-bond acceptors (Lipinski definition) is 5. The quantitative estimate of drug-likeness (QED) is 0.331. The third-order valence-corrected chi connectivity index (χ3v) is 4.15. The average Bonchev–Trinajstić information content (AvgIpc) is 2.52. The number of hydrogen-bond donors (Lipinski definition) is 0. The number of benzene rings is 2. The Bertz CT molecular complexity index is 720. The van der Waals surface area contributed by atoms with E-state index in [1.165, 1.54) is 23.9 Å². The highest BCUT2D eigenvalue weighted by atomic mass is 79.9. The van der Waals surface area contributed by atoms with Gasteiger partial charge in [0.05, 0.1) is 15.4 Å². The van der Waals surface area contributed by atoms with E-state index in [1.54, 1.807) is 12.3 Å². The molecule has 0 heterocycles. The largest absolute Gasteiger partial charge is 0.457 e. The van der Waals surface area contributed by atoms with Crippen LogP contribution in [0.15, 0.2) is 51.8 Å². The van der Waals surface area contributed by atoms with Crippen molar-refractivity contribution in [2.75, 3.05) is 6.26 Å². The minimum Gasteiger partial charge on any atom is -0.457 e. The molecule has 5 nitrogen and oxygen atoms in total. The van der Waals surface area contributed by atoms with Gasteiger partial charge in [0.1, 0.15) is 6.61 Å². The van der Waals surface area contributed by atoms with Crippen LogP contribution in [0.2, 0.25) is 0 Å². The molecule has 0 atom stereocenters. The average molecular weight is 382 g/mol. The van der Waals surface area contributed by atoms with E-state index in [9.17, 15) is 14.9 Å². The van der Waals surface area contributed by atoms with E-state index in [1.807, 2.05) is 24.3 Å². The summed E-state index contributed by atoms with van der Waals surface area (Å²) in [4.78, 5) is 23.0. The molecule has 0 radical (unpaired) electrons. The number of halogens is 1. The van der Waals surface area contributed by atoms with E-state index in [0.29, 0.717) is 4.90 Å². The van der Waals surface area contributed by atoms with Crippen LogP contribution in [0.25, 0.3) is 0 Å². The predicted molar refractivity (Wildman–Crippen MR) is 88.1 cm³/mol. The molecule has 114 valence electrons. The Morgan fingerprint density at radius 3 is 2.73 bits per heavy atom. The zero-order valence-corrected chi connectivity index (χ0v) is 14.0. The Kier molecular flexibility index (Phi) is 5.57. The first-order valence-electron chi connectivity index (χ1n) is 6.25. The molecule has 0 aliphatic carbocycles. The number of carbonyl (C=O) groups excluding carboxylic acids is 1. The summed E-state index contributed by atoms with van der Waals surface area (Å²) in [5.41, 5.74) is 0.905. The summed E-state index contributed by atoms with van der Waals surface area (Å²) in [6.07, 6.45) is 1.74. The molecule has 0 aliphatic heterocycles. The van der Waals surface area contributed by atoms with Gasteiger partial charge in [-0.2, -0.15) is 0 Å². The highest BCUT2D eigenvalue weighted by Gasteiger charge is 2.17. The Hall–Kier alpha value is -1.86. The zero-order valence-electron chi connectivity index (χ0n) is 11.6. The summed E-state index contributed by atoms with van der Waals surface area (Å²) < 4.78 is 6.08. The SMILES string of the molecule is CSc1ccc(C(=O)OCc2cccc(Br)c2)cc1[N+](=O)[O-]. The van der Waals surface area contributed by atoms with Crippen LogP contribution in [0, 0.1) is 10.1 Å². The topological polar surface area (TPSA) is 69.4 Å². The molecule has 0 aliphatic rings. The van der Waals surface area contributed by atoms with Gasteiger partial charge < -0.3 is 4.74 Å². The summed E-state index contributed by atoms with van der Waals surface area (Å²) in [5.74, 6) is -0.587. The molecular formula is C15H12BrNO4S. The number of carbonyl (C=O) groups is 1. The Morgan fingerprint density at radius 2 is 2.09 bits per heavy atom. The summed E-state index contributed by atoms with van der Waals surface area (Å²) in [5, 5.41) is 11.0. The van der Waals surface area contributed by atoms with Crippen LogP contribution in [0.3, 0.4) is 0 Å². The molecule has 0 aromatic heterocycles. The van der Waals surface area contributed by atoms with Gasteiger partial charge in [-0.15, -0.1) is 11.8 Å². The maximum atomic E-state index is 12.0. The van der Waals surface area contributed by atoms with Crippen LogP contribution in [-0.2, 0) is 11.3 Å². The molecule has 0 fully saturated rings.